The van der Waals surface area contributed by atoms with Crippen molar-refractivity contribution in [1.82, 2.24) is 20.4 Å². The highest BCUT2D eigenvalue weighted by molar-refractivity contribution is 7.80. The first kappa shape index (κ1) is 17.1. The molecule has 0 radical (unpaired) electrons. The number of rotatable bonds is 7. The second kappa shape index (κ2) is 7.30. The van der Waals surface area contributed by atoms with Crippen molar-refractivity contribution in [2.24, 2.45) is 0 Å². The number of hydrogen-bond acceptors (Lipinski definition) is 2. The van der Waals surface area contributed by atoms with Gasteiger partial charge in [-0.25, -0.2) is 0 Å². The van der Waals surface area contributed by atoms with Gasteiger partial charge >= 0.3 is 6.18 Å². The van der Waals surface area contributed by atoms with E-state index in [1.165, 1.54) is 10.7 Å². The van der Waals surface area contributed by atoms with E-state index in [4.69, 9.17) is 12.2 Å². The summed E-state index contributed by atoms with van der Waals surface area (Å²) in [5.41, 5.74) is -0.0819. The van der Waals surface area contributed by atoms with E-state index in [9.17, 15) is 13.2 Å². The quantitative estimate of drug-likeness (QED) is 0.594. The molecular weight excluding hydrogens is 313 g/mol. The lowest BCUT2D eigenvalue weighted by molar-refractivity contribution is -0.141. The molecule has 0 aliphatic heterocycles. The summed E-state index contributed by atoms with van der Waals surface area (Å²) in [7, 11) is 0. The van der Waals surface area contributed by atoms with Gasteiger partial charge in [0.25, 0.3) is 0 Å². The van der Waals surface area contributed by atoms with Gasteiger partial charge < -0.3 is 10.6 Å². The molecular formula is C14H21F3N4S. The average molecular weight is 334 g/mol. The van der Waals surface area contributed by atoms with Gasteiger partial charge in [-0.05, 0) is 44.0 Å². The fourth-order valence-electron chi connectivity index (χ4n) is 2.19. The maximum atomic E-state index is 12.8. The Bertz CT molecular complexity index is 509. The molecule has 0 amide bonds. The number of halogens is 3. The van der Waals surface area contributed by atoms with Crippen molar-refractivity contribution in [2.45, 2.75) is 51.2 Å². The topological polar surface area (TPSA) is 41.9 Å². The van der Waals surface area contributed by atoms with Crippen molar-refractivity contribution in [3.05, 3.63) is 17.5 Å². The lowest BCUT2D eigenvalue weighted by Gasteiger charge is -2.10. The molecule has 0 spiro atoms. The van der Waals surface area contributed by atoms with Crippen molar-refractivity contribution in [3.8, 4) is 0 Å². The molecule has 2 rings (SSSR count). The zero-order valence-electron chi connectivity index (χ0n) is 12.5. The predicted molar refractivity (Wildman–Crippen MR) is 82.7 cm³/mol. The highest BCUT2D eigenvalue weighted by Gasteiger charge is 2.37. The van der Waals surface area contributed by atoms with Crippen LogP contribution in [-0.2, 0) is 12.7 Å². The minimum Gasteiger partial charge on any atom is -0.363 e. The number of aromatic nitrogens is 2. The van der Waals surface area contributed by atoms with Crippen molar-refractivity contribution < 1.29 is 13.2 Å². The first-order valence-corrected chi connectivity index (χ1v) is 7.99. The third-order valence-electron chi connectivity index (χ3n) is 3.46. The maximum Gasteiger partial charge on any atom is 0.435 e. The van der Waals surface area contributed by atoms with Crippen LogP contribution in [0, 0.1) is 0 Å². The molecule has 0 unspecified atom stereocenters. The number of aryl methyl sites for hydroxylation is 1. The first-order valence-electron chi connectivity index (χ1n) is 7.58. The molecule has 1 heterocycles. The van der Waals surface area contributed by atoms with E-state index in [0.717, 1.165) is 25.8 Å². The molecule has 1 aromatic heterocycles. The summed E-state index contributed by atoms with van der Waals surface area (Å²) in [6.07, 6.45) is -0.815. The minimum atomic E-state index is -4.38. The van der Waals surface area contributed by atoms with Crippen LogP contribution in [0.3, 0.4) is 0 Å². The van der Waals surface area contributed by atoms with E-state index in [0.29, 0.717) is 30.3 Å². The van der Waals surface area contributed by atoms with Crippen LogP contribution in [-0.4, -0.2) is 28.0 Å². The van der Waals surface area contributed by atoms with Crippen LogP contribution in [0.25, 0.3) is 0 Å². The lowest BCUT2D eigenvalue weighted by Crippen LogP contribution is -2.36. The summed E-state index contributed by atoms with van der Waals surface area (Å²) in [4.78, 5) is 0. The van der Waals surface area contributed by atoms with Crippen LogP contribution in [0.5, 0.6) is 0 Å². The van der Waals surface area contributed by atoms with Crippen molar-refractivity contribution in [2.75, 3.05) is 13.1 Å². The van der Waals surface area contributed by atoms with Crippen molar-refractivity contribution in [3.63, 3.8) is 0 Å². The summed E-state index contributed by atoms with van der Waals surface area (Å²) in [6, 6.07) is 1.19. The van der Waals surface area contributed by atoms with Gasteiger partial charge in [0.05, 0.1) is 0 Å². The van der Waals surface area contributed by atoms with Gasteiger partial charge in [0, 0.05) is 31.2 Å². The zero-order chi connectivity index (χ0) is 16.2. The summed E-state index contributed by atoms with van der Waals surface area (Å²) in [6.45, 7) is 3.93. The van der Waals surface area contributed by atoms with Crippen LogP contribution in [0.15, 0.2) is 6.07 Å². The molecule has 0 aromatic carbocycles. The Morgan fingerprint density at radius 1 is 1.36 bits per heavy atom. The zero-order valence-corrected chi connectivity index (χ0v) is 13.4. The summed E-state index contributed by atoms with van der Waals surface area (Å²) < 4.78 is 39.8. The molecule has 22 heavy (non-hydrogen) atoms. The highest BCUT2D eigenvalue weighted by atomic mass is 32.1. The summed E-state index contributed by atoms with van der Waals surface area (Å²) in [5.74, 6) is 0.240. The fraction of sp³-hybridized carbons (Fsp3) is 0.714. The number of thiocarbonyl (C=S) groups is 1. The van der Waals surface area contributed by atoms with Gasteiger partial charge in [0.1, 0.15) is 0 Å². The highest BCUT2D eigenvalue weighted by Crippen LogP contribution is 2.42. The molecule has 8 heteroatoms. The standard InChI is InChI=1S/C14H21F3N4S/c1-2-6-18-13(22)19-7-3-8-21-11(10-4-5-10)9-12(20-21)14(15,16)17/h9-10H,2-8H2,1H3,(H2,18,19,22). The molecule has 0 bridgehead atoms. The average Bonchev–Trinajstić information content (AvgIpc) is 3.20. The number of hydrogen-bond donors (Lipinski definition) is 2. The Morgan fingerprint density at radius 3 is 2.64 bits per heavy atom. The Balaban J connectivity index is 1.84. The first-order chi connectivity index (χ1) is 10.4. The van der Waals surface area contributed by atoms with Gasteiger partial charge in [-0.2, -0.15) is 18.3 Å². The Kier molecular flexibility index (Phi) is 5.66. The minimum absolute atomic E-state index is 0.240. The summed E-state index contributed by atoms with van der Waals surface area (Å²) in [5, 5.41) is 10.4. The van der Waals surface area contributed by atoms with Crippen LogP contribution < -0.4 is 10.6 Å². The molecule has 1 aliphatic rings. The van der Waals surface area contributed by atoms with Gasteiger partial charge in [-0.1, -0.05) is 6.92 Å². The van der Waals surface area contributed by atoms with Gasteiger partial charge in [0.2, 0.25) is 0 Å². The molecule has 1 aliphatic carbocycles. The molecule has 0 saturated heterocycles. The normalized spacial score (nSPS) is 14.9. The fourth-order valence-corrected chi connectivity index (χ4v) is 2.39. The lowest BCUT2D eigenvalue weighted by atomic mass is 10.2. The van der Waals surface area contributed by atoms with E-state index in [1.54, 1.807) is 0 Å². The third kappa shape index (κ3) is 4.86. The van der Waals surface area contributed by atoms with Gasteiger partial charge in [-0.3, -0.25) is 4.68 Å². The van der Waals surface area contributed by atoms with Crippen LogP contribution in [0.4, 0.5) is 13.2 Å². The Morgan fingerprint density at radius 2 is 2.05 bits per heavy atom. The maximum absolute atomic E-state index is 12.8. The van der Waals surface area contributed by atoms with Gasteiger partial charge in [-0.15, -0.1) is 0 Å². The van der Waals surface area contributed by atoms with Crippen LogP contribution in [0.2, 0.25) is 0 Å². The molecule has 0 atom stereocenters. The van der Waals surface area contributed by atoms with E-state index in [2.05, 4.69) is 15.7 Å². The second-order valence-electron chi connectivity index (χ2n) is 5.49. The largest absolute Gasteiger partial charge is 0.435 e. The van der Waals surface area contributed by atoms with E-state index < -0.39 is 11.9 Å². The van der Waals surface area contributed by atoms with E-state index >= 15 is 0 Å². The summed E-state index contributed by atoms with van der Waals surface area (Å²) >= 11 is 5.09. The van der Waals surface area contributed by atoms with Crippen molar-refractivity contribution >= 4 is 17.3 Å². The molecule has 1 saturated carbocycles. The number of nitrogens with one attached hydrogen (secondary N) is 2. The SMILES string of the molecule is CCCNC(=S)NCCCn1nc(C(F)(F)F)cc1C1CC1. The molecule has 124 valence electrons. The number of nitrogens with zero attached hydrogens (tertiary/aromatic N) is 2. The molecule has 4 nitrogen and oxygen atoms in total. The van der Waals surface area contributed by atoms with Crippen LogP contribution in [0.1, 0.15) is 49.9 Å². The van der Waals surface area contributed by atoms with Crippen LogP contribution >= 0.6 is 12.2 Å². The van der Waals surface area contributed by atoms with Gasteiger partial charge in [0.15, 0.2) is 10.8 Å². The molecule has 2 N–H and O–H groups in total. The second-order valence-corrected chi connectivity index (χ2v) is 5.89. The third-order valence-corrected chi connectivity index (χ3v) is 3.75. The Hall–Kier alpha value is -1.31. The monoisotopic (exact) mass is 334 g/mol. The predicted octanol–water partition coefficient (Wildman–Crippen LogP) is 3.04. The van der Waals surface area contributed by atoms with E-state index in [-0.39, 0.29) is 5.92 Å². The van der Waals surface area contributed by atoms with E-state index in [1.807, 2.05) is 6.92 Å². The molecule has 1 fully saturated rings. The smallest absolute Gasteiger partial charge is 0.363 e. The number of alkyl halides is 3. The molecule has 1 aromatic rings. The Labute approximate surface area is 133 Å². The van der Waals surface area contributed by atoms with Crippen molar-refractivity contribution in [1.29, 1.82) is 0 Å².